The van der Waals surface area contributed by atoms with Gasteiger partial charge in [0, 0.05) is 30.4 Å². The number of anilines is 1. The Morgan fingerprint density at radius 1 is 1.00 bits per heavy atom. The number of pyridine rings is 1. The van der Waals surface area contributed by atoms with E-state index in [1.54, 1.807) is 30.5 Å². The second-order valence-electron chi connectivity index (χ2n) is 6.16. The van der Waals surface area contributed by atoms with Gasteiger partial charge in [0.05, 0.1) is 17.7 Å². The third-order valence-electron chi connectivity index (χ3n) is 4.17. The highest BCUT2D eigenvalue weighted by Crippen LogP contribution is 2.26. The summed E-state index contributed by atoms with van der Waals surface area (Å²) in [5.41, 5.74) is 1.60. The summed E-state index contributed by atoms with van der Waals surface area (Å²) in [5, 5.41) is 2.80. The molecule has 8 heteroatoms. The molecule has 29 heavy (non-hydrogen) atoms. The molecule has 0 saturated heterocycles. The Hall–Kier alpha value is -3.39. The molecule has 0 aliphatic rings. The van der Waals surface area contributed by atoms with Gasteiger partial charge in [-0.15, -0.1) is 0 Å². The van der Waals surface area contributed by atoms with E-state index in [0.717, 1.165) is 5.69 Å². The van der Waals surface area contributed by atoms with Crippen molar-refractivity contribution < 1.29 is 17.9 Å². The second-order valence-corrected chi connectivity index (χ2v) is 7.84. The van der Waals surface area contributed by atoms with E-state index in [9.17, 15) is 13.2 Å². The van der Waals surface area contributed by atoms with Crippen LogP contribution in [-0.2, 0) is 16.4 Å². The standard InChI is InChI=1S/C21H21N3O4S/c1-28-20-8-3-2-7-19(20)24-29(26,27)18-11-9-16(10-12-18)21(25)23-15-13-17-6-4-5-14-22-17/h2-12,14,24H,13,15H2,1H3,(H,23,25). The van der Waals surface area contributed by atoms with E-state index < -0.39 is 10.0 Å². The first-order valence-electron chi connectivity index (χ1n) is 8.93. The third-order valence-corrected chi connectivity index (χ3v) is 5.55. The van der Waals surface area contributed by atoms with Crippen LogP contribution in [0.3, 0.4) is 0 Å². The Balaban J connectivity index is 1.63. The summed E-state index contributed by atoms with van der Waals surface area (Å²) in [5.74, 6) is 0.141. The number of rotatable bonds is 8. The van der Waals surface area contributed by atoms with Crippen molar-refractivity contribution in [3.63, 3.8) is 0 Å². The summed E-state index contributed by atoms with van der Waals surface area (Å²) in [4.78, 5) is 16.5. The van der Waals surface area contributed by atoms with Crippen LogP contribution >= 0.6 is 0 Å². The first-order chi connectivity index (χ1) is 14.0. The lowest BCUT2D eigenvalue weighted by Crippen LogP contribution is -2.26. The van der Waals surface area contributed by atoms with Gasteiger partial charge < -0.3 is 10.1 Å². The summed E-state index contributed by atoms with van der Waals surface area (Å²) in [6.07, 6.45) is 2.32. The highest BCUT2D eigenvalue weighted by Gasteiger charge is 2.17. The van der Waals surface area contributed by atoms with Crippen LogP contribution in [0, 0.1) is 0 Å². The zero-order valence-corrected chi connectivity index (χ0v) is 16.6. The van der Waals surface area contributed by atoms with E-state index >= 15 is 0 Å². The van der Waals surface area contributed by atoms with Gasteiger partial charge in [-0.2, -0.15) is 0 Å². The predicted molar refractivity (Wildman–Crippen MR) is 111 cm³/mol. The molecule has 2 aromatic carbocycles. The zero-order valence-electron chi connectivity index (χ0n) is 15.8. The van der Waals surface area contributed by atoms with Crippen LogP contribution in [-0.4, -0.2) is 33.0 Å². The molecule has 0 saturated carbocycles. The number of hydrogen-bond acceptors (Lipinski definition) is 5. The summed E-state index contributed by atoms with van der Waals surface area (Å²) >= 11 is 0. The number of amides is 1. The predicted octanol–water partition coefficient (Wildman–Crippen LogP) is 2.86. The number of methoxy groups -OCH3 is 1. The van der Waals surface area contributed by atoms with Crippen molar-refractivity contribution in [3.05, 3.63) is 84.2 Å². The van der Waals surface area contributed by atoms with Crippen LogP contribution in [0.25, 0.3) is 0 Å². The first-order valence-corrected chi connectivity index (χ1v) is 10.4. The minimum Gasteiger partial charge on any atom is -0.495 e. The number of carbonyl (C=O) groups excluding carboxylic acids is 1. The topological polar surface area (TPSA) is 97.4 Å². The molecule has 0 fully saturated rings. The van der Waals surface area contributed by atoms with Crippen molar-refractivity contribution in [3.8, 4) is 5.75 Å². The van der Waals surface area contributed by atoms with E-state index in [4.69, 9.17) is 4.74 Å². The van der Waals surface area contributed by atoms with E-state index in [2.05, 4.69) is 15.0 Å². The van der Waals surface area contributed by atoms with Crippen LogP contribution in [0.2, 0.25) is 0 Å². The van der Waals surface area contributed by atoms with Crippen LogP contribution < -0.4 is 14.8 Å². The molecule has 0 radical (unpaired) electrons. The number of benzene rings is 2. The number of sulfonamides is 1. The maximum atomic E-state index is 12.6. The number of ether oxygens (including phenoxy) is 1. The Morgan fingerprint density at radius 2 is 1.72 bits per heavy atom. The molecule has 150 valence electrons. The van der Waals surface area contributed by atoms with Gasteiger partial charge in [-0.3, -0.25) is 14.5 Å². The normalized spacial score (nSPS) is 10.9. The molecule has 1 heterocycles. The molecule has 0 aliphatic heterocycles. The fraction of sp³-hybridized carbons (Fsp3) is 0.143. The fourth-order valence-electron chi connectivity index (χ4n) is 2.67. The molecule has 2 N–H and O–H groups in total. The highest BCUT2D eigenvalue weighted by atomic mass is 32.2. The molecule has 3 aromatic rings. The molecule has 7 nitrogen and oxygen atoms in total. The minimum atomic E-state index is -3.81. The molecule has 0 spiro atoms. The Kier molecular flexibility index (Phi) is 6.46. The van der Waals surface area contributed by atoms with Gasteiger partial charge in [0.15, 0.2) is 0 Å². The lowest BCUT2D eigenvalue weighted by Gasteiger charge is -2.12. The van der Waals surface area contributed by atoms with Crippen molar-refractivity contribution in [2.75, 3.05) is 18.4 Å². The van der Waals surface area contributed by atoms with Gasteiger partial charge in [0.25, 0.3) is 15.9 Å². The largest absolute Gasteiger partial charge is 0.495 e. The number of nitrogens with zero attached hydrogens (tertiary/aromatic N) is 1. The van der Waals surface area contributed by atoms with Crippen molar-refractivity contribution in [2.24, 2.45) is 0 Å². The van der Waals surface area contributed by atoms with E-state index in [1.165, 1.54) is 31.4 Å². The quantitative estimate of drug-likeness (QED) is 0.594. The Labute approximate surface area is 169 Å². The third kappa shape index (κ3) is 5.32. The molecule has 0 unspecified atom stereocenters. The van der Waals surface area contributed by atoms with Gasteiger partial charge in [-0.05, 0) is 48.5 Å². The summed E-state index contributed by atoms with van der Waals surface area (Å²) < 4.78 is 32.9. The first kappa shape index (κ1) is 20.3. The number of nitrogens with one attached hydrogen (secondary N) is 2. The van der Waals surface area contributed by atoms with Crippen molar-refractivity contribution in [1.29, 1.82) is 0 Å². The lowest BCUT2D eigenvalue weighted by molar-refractivity contribution is 0.0954. The van der Waals surface area contributed by atoms with Gasteiger partial charge >= 0.3 is 0 Å². The molecule has 1 amide bonds. The highest BCUT2D eigenvalue weighted by molar-refractivity contribution is 7.92. The van der Waals surface area contributed by atoms with Gasteiger partial charge in [0.1, 0.15) is 5.75 Å². The lowest BCUT2D eigenvalue weighted by atomic mass is 10.2. The van der Waals surface area contributed by atoms with Gasteiger partial charge in [-0.25, -0.2) is 8.42 Å². The molecular weight excluding hydrogens is 390 g/mol. The monoisotopic (exact) mass is 411 g/mol. The molecular formula is C21H21N3O4S. The number of carbonyl (C=O) groups is 1. The van der Waals surface area contributed by atoms with Crippen molar-refractivity contribution >= 4 is 21.6 Å². The van der Waals surface area contributed by atoms with E-state index in [1.807, 2.05) is 18.2 Å². The average Bonchev–Trinajstić information content (AvgIpc) is 2.74. The number of hydrogen-bond donors (Lipinski definition) is 2. The summed E-state index contributed by atoms with van der Waals surface area (Å²) in [6.45, 7) is 0.436. The molecule has 0 aliphatic carbocycles. The zero-order chi connectivity index (χ0) is 20.7. The second kappa shape index (κ2) is 9.20. The van der Waals surface area contributed by atoms with Crippen LogP contribution in [0.5, 0.6) is 5.75 Å². The maximum absolute atomic E-state index is 12.6. The smallest absolute Gasteiger partial charge is 0.262 e. The molecule has 1 aromatic heterocycles. The summed E-state index contributed by atoms with van der Waals surface area (Å²) in [6, 6.07) is 18.1. The fourth-order valence-corrected chi connectivity index (χ4v) is 3.74. The Morgan fingerprint density at radius 3 is 2.41 bits per heavy atom. The van der Waals surface area contributed by atoms with Crippen LogP contribution in [0.15, 0.2) is 77.8 Å². The minimum absolute atomic E-state index is 0.0495. The van der Waals surface area contributed by atoms with Crippen molar-refractivity contribution in [2.45, 2.75) is 11.3 Å². The SMILES string of the molecule is COc1ccccc1NS(=O)(=O)c1ccc(C(=O)NCCc2ccccn2)cc1. The van der Waals surface area contributed by atoms with Gasteiger partial charge in [0.2, 0.25) is 0 Å². The average molecular weight is 411 g/mol. The number of para-hydroxylation sites is 2. The summed E-state index contributed by atoms with van der Waals surface area (Å²) in [7, 11) is -2.34. The molecule has 3 rings (SSSR count). The van der Waals surface area contributed by atoms with Gasteiger partial charge in [-0.1, -0.05) is 18.2 Å². The number of aromatic nitrogens is 1. The molecule has 0 bridgehead atoms. The molecule has 0 atom stereocenters. The van der Waals surface area contributed by atoms with Crippen molar-refractivity contribution in [1.82, 2.24) is 10.3 Å². The van der Waals surface area contributed by atoms with Crippen LogP contribution in [0.1, 0.15) is 16.1 Å². The Bertz CT molecular complexity index is 1070. The van der Waals surface area contributed by atoms with E-state index in [-0.39, 0.29) is 10.8 Å². The van der Waals surface area contributed by atoms with Crippen LogP contribution in [0.4, 0.5) is 5.69 Å². The van der Waals surface area contributed by atoms with E-state index in [0.29, 0.717) is 30.0 Å². The maximum Gasteiger partial charge on any atom is 0.262 e.